The lowest BCUT2D eigenvalue weighted by Gasteiger charge is -2.30. The van der Waals surface area contributed by atoms with Crippen molar-refractivity contribution in [2.75, 3.05) is 46.3 Å². The van der Waals surface area contributed by atoms with Gasteiger partial charge in [-0.2, -0.15) is 4.31 Å². The van der Waals surface area contributed by atoms with Crippen LogP contribution in [0.5, 0.6) is 0 Å². The van der Waals surface area contributed by atoms with Gasteiger partial charge in [-0.3, -0.25) is 10.2 Å². The fourth-order valence-electron chi connectivity index (χ4n) is 2.76. The number of nitrogens with zero attached hydrogens (tertiary/aromatic N) is 2. The number of hydrogen-bond donors (Lipinski definition) is 2. The summed E-state index contributed by atoms with van der Waals surface area (Å²) in [5.74, 6) is -1.37. The van der Waals surface area contributed by atoms with Gasteiger partial charge in [-0.15, -0.1) is 0 Å². The van der Waals surface area contributed by atoms with Gasteiger partial charge in [-0.05, 0) is 18.2 Å². The highest BCUT2D eigenvalue weighted by Crippen LogP contribution is 2.19. The zero-order valence-electron chi connectivity index (χ0n) is 14.9. The third-order valence-corrected chi connectivity index (χ3v) is 6.45. The second kappa shape index (κ2) is 8.22. The van der Waals surface area contributed by atoms with Gasteiger partial charge in [0.05, 0.1) is 43.7 Å². The molecule has 0 radical (unpaired) electrons. The number of sulfonamides is 1. The fraction of sp³-hybridized carbons (Fsp3) is 0.562. The lowest BCUT2D eigenvalue weighted by molar-refractivity contribution is -0.884. The Labute approximate surface area is 148 Å². The molecule has 1 aliphatic heterocycles. The third kappa shape index (κ3) is 4.55. The maximum atomic E-state index is 14.1. The Bertz CT molecular complexity index is 714. The average Bonchev–Trinajstić information content (AvgIpc) is 2.58. The summed E-state index contributed by atoms with van der Waals surface area (Å²) >= 11 is 0. The van der Waals surface area contributed by atoms with Crippen LogP contribution in [0.2, 0.25) is 0 Å². The molecular weight excluding hydrogens is 347 g/mol. The molecule has 0 bridgehead atoms. The van der Waals surface area contributed by atoms with E-state index in [2.05, 4.69) is 12.5 Å². The largest absolute Gasteiger partial charge is 0.335 e. The first-order valence-electron chi connectivity index (χ1n) is 8.46. The van der Waals surface area contributed by atoms with Crippen LogP contribution in [0.1, 0.15) is 24.2 Å². The number of nitrogens with one attached hydrogen (secondary N) is 2. The fourth-order valence-corrected chi connectivity index (χ4v) is 4.24. The van der Waals surface area contributed by atoms with Gasteiger partial charge in [-0.25, -0.2) is 17.8 Å². The number of hydrazine groups is 1. The summed E-state index contributed by atoms with van der Waals surface area (Å²) in [6.45, 7) is 7.15. The lowest BCUT2D eigenvalue weighted by atomic mass is 10.2. The normalized spacial score (nSPS) is 17.0. The zero-order valence-corrected chi connectivity index (χ0v) is 15.7. The first kappa shape index (κ1) is 19.8. The number of halogens is 1. The summed E-state index contributed by atoms with van der Waals surface area (Å²) in [7, 11) is -1.67. The van der Waals surface area contributed by atoms with Crippen molar-refractivity contribution in [1.82, 2.24) is 14.7 Å². The standard InChI is InChI=1S/C16H25FN4O3S/c1-4-21(5-2)25(23,24)13-6-7-15(17)14(12-13)16(22)18-20-10-8-19(3)9-11-20/h6-7,12H,4-5,8-11H2,1-3H3,(H,18,22)/p+1. The van der Waals surface area contributed by atoms with Crippen molar-refractivity contribution in [2.24, 2.45) is 0 Å². The second-order valence-corrected chi connectivity index (χ2v) is 8.05. The Kier molecular flexibility index (Phi) is 6.50. The van der Waals surface area contributed by atoms with E-state index in [1.807, 2.05) is 0 Å². The monoisotopic (exact) mass is 373 g/mol. The predicted molar refractivity (Wildman–Crippen MR) is 92.2 cm³/mol. The highest BCUT2D eigenvalue weighted by Gasteiger charge is 2.25. The Balaban J connectivity index is 2.22. The zero-order chi connectivity index (χ0) is 18.6. The molecule has 1 amide bonds. The van der Waals surface area contributed by atoms with Crippen molar-refractivity contribution in [3.05, 3.63) is 29.6 Å². The van der Waals surface area contributed by atoms with E-state index in [0.29, 0.717) is 26.2 Å². The van der Waals surface area contributed by atoms with Gasteiger partial charge in [0, 0.05) is 13.1 Å². The van der Waals surface area contributed by atoms with Crippen molar-refractivity contribution in [2.45, 2.75) is 18.7 Å². The maximum absolute atomic E-state index is 14.1. The number of carbonyl (C=O) groups excluding carboxylic acids is 1. The number of hydrogen-bond acceptors (Lipinski definition) is 4. The number of benzene rings is 1. The molecule has 9 heteroatoms. The van der Waals surface area contributed by atoms with Crippen molar-refractivity contribution in [3.8, 4) is 0 Å². The van der Waals surface area contributed by atoms with E-state index >= 15 is 0 Å². The average molecular weight is 373 g/mol. The van der Waals surface area contributed by atoms with Crippen LogP contribution in [0.4, 0.5) is 4.39 Å². The summed E-state index contributed by atoms with van der Waals surface area (Å²) < 4.78 is 40.5. The van der Waals surface area contributed by atoms with Gasteiger partial charge >= 0.3 is 0 Å². The molecule has 0 atom stereocenters. The molecule has 0 aliphatic carbocycles. The van der Waals surface area contributed by atoms with E-state index in [-0.39, 0.29) is 10.5 Å². The van der Waals surface area contributed by atoms with Gasteiger partial charge in [0.15, 0.2) is 0 Å². The molecule has 1 aromatic carbocycles. The molecule has 1 saturated heterocycles. The van der Waals surface area contributed by atoms with Crippen LogP contribution >= 0.6 is 0 Å². The van der Waals surface area contributed by atoms with Crippen LogP contribution in [0.15, 0.2) is 23.1 Å². The van der Waals surface area contributed by atoms with Crippen LogP contribution in [0, 0.1) is 5.82 Å². The number of amides is 1. The van der Waals surface area contributed by atoms with Gasteiger partial charge in [0.1, 0.15) is 5.82 Å². The van der Waals surface area contributed by atoms with Gasteiger partial charge in [0.25, 0.3) is 5.91 Å². The molecule has 0 saturated carbocycles. The first-order valence-corrected chi connectivity index (χ1v) is 9.90. The van der Waals surface area contributed by atoms with Crippen LogP contribution in [-0.2, 0) is 10.0 Å². The Morgan fingerprint density at radius 1 is 1.28 bits per heavy atom. The molecule has 2 rings (SSSR count). The van der Waals surface area contributed by atoms with Crippen molar-refractivity contribution >= 4 is 15.9 Å². The highest BCUT2D eigenvalue weighted by molar-refractivity contribution is 7.89. The molecule has 1 heterocycles. The summed E-state index contributed by atoms with van der Waals surface area (Å²) in [5.41, 5.74) is 2.40. The third-order valence-electron chi connectivity index (χ3n) is 4.40. The predicted octanol–water partition coefficient (Wildman–Crippen LogP) is -0.669. The number of carbonyl (C=O) groups is 1. The Morgan fingerprint density at radius 3 is 2.44 bits per heavy atom. The van der Waals surface area contributed by atoms with Crippen molar-refractivity contribution in [1.29, 1.82) is 0 Å². The van der Waals surface area contributed by atoms with Gasteiger partial charge < -0.3 is 4.90 Å². The molecule has 0 spiro atoms. The Morgan fingerprint density at radius 2 is 1.88 bits per heavy atom. The molecule has 7 nitrogen and oxygen atoms in total. The molecular formula is C16H26FN4O3S+. The maximum Gasteiger partial charge on any atom is 0.268 e. The number of likely N-dealkylation sites (N-methyl/N-ethyl adjacent to an activating group) is 1. The smallest absolute Gasteiger partial charge is 0.268 e. The number of rotatable bonds is 6. The molecule has 2 N–H and O–H groups in total. The number of quaternary nitrogens is 1. The first-order chi connectivity index (χ1) is 11.8. The molecule has 1 fully saturated rings. The minimum atomic E-state index is -3.74. The molecule has 1 aromatic rings. The molecule has 0 aromatic heterocycles. The van der Waals surface area contributed by atoms with Crippen LogP contribution in [0.25, 0.3) is 0 Å². The minimum absolute atomic E-state index is 0.0782. The molecule has 25 heavy (non-hydrogen) atoms. The van der Waals surface area contributed by atoms with Crippen molar-refractivity contribution < 1.29 is 22.5 Å². The second-order valence-electron chi connectivity index (χ2n) is 6.12. The SMILES string of the molecule is CCN(CC)S(=O)(=O)c1ccc(F)c(C(=O)NN2CC[NH+](C)CC2)c1. The van der Waals surface area contributed by atoms with Crippen LogP contribution < -0.4 is 10.3 Å². The van der Waals surface area contributed by atoms with Crippen LogP contribution in [-0.4, -0.2) is 70.0 Å². The van der Waals surface area contributed by atoms with E-state index in [1.54, 1.807) is 18.9 Å². The summed E-state index contributed by atoms with van der Waals surface area (Å²) in [5, 5.41) is 1.74. The number of piperazine rings is 1. The van der Waals surface area contributed by atoms with E-state index in [4.69, 9.17) is 0 Å². The lowest BCUT2D eigenvalue weighted by Crippen LogP contribution is -3.12. The summed E-state index contributed by atoms with van der Waals surface area (Å²) in [6, 6.07) is 3.33. The van der Waals surface area contributed by atoms with Crippen LogP contribution in [0.3, 0.4) is 0 Å². The molecule has 0 unspecified atom stereocenters. The quantitative estimate of drug-likeness (QED) is 0.694. The Hall–Kier alpha value is -1.55. The minimum Gasteiger partial charge on any atom is -0.335 e. The van der Waals surface area contributed by atoms with Gasteiger partial charge in [0.2, 0.25) is 10.0 Å². The van der Waals surface area contributed by atoms with E-state index < -0.39 is 21.7 Å². The van der Waals surface area contributed by atoms with Gasteiger partial charge in [-0.1, -0.05) is 13.8 Å². The molecule has 1 aliphatic rings. The van der Waals surface area contributed by atoms with Crippen molar-refractivity contribution in [3.63, 3.8) is 0 Å². The highest BCUT2D eigenvalue weighted by atomic mass is 32.2. The molecule has 140 valence electrons. The van der Waals surface area contributed by atoms with E-state index in [0.717, 1.165) is 25.2 Å². The van der Waals surface area contributed by atoms with E-state index in [9.17, 15) is 17.6 Å². The van der Waals surface area contributed by atoms with E-state index in [1.165, 1.54) is 15.3 Å². The summed E-state index contributed by atoms with van der Waals surface area (Å²) in [6.07, 6.45) is 0. The summed E-state index contributed by atoms with van der Waals surface area (Å²) in [4.78, 5) is 13.7. The topological polar surface area (TPSA) is 74.2 Å².